The third kappa shape index (κ3) is 10.3. The Morgan fingerprint density at radius 2 is 1.32 bits per heavy atom. The Morgan fingerprint density at radius 1 is 0.737 bits per heavy atom. The van der Waals surface area contributed by atoms with Gasteiger partial charge in [0.05, 0.1) is 26.4 Å². The van der Waals surface area contributed by atoms with Crippen LogP contribution in [0.25, 0.3) is 0 Å². The van der Waals surface area contributed by atoms with E-state index in [0.29, 0.717) is 6.79 Å². The van der Waals surface area contributed by atoms with Crippen LogP contribution in [0.3, 0.4) is 0 Å². The molecule has 2 heterocycles. The molecule has 4 heteroatoms. The van der Waals surface area contributed by atoms with E-state index >= 15 is 0 Å². The molecule has 4 nitrogen and oxygen atoms in total. The van der Waals surface area contributed by atoms with Crippen molar-refractivity contribution in [2.45, 2.75) is 64.6 Å². The van der Waals surface area contributed by atoms with Gasteiger partial charge < -0.3 is 18.9 Å². The molecule has 0 aromatic rings. The molecule has 0 spiro atoms. The quantitative estimate of drug-likeness (QED) is 0.635. The van der Waals surface area contributed by atoms with Crippen molar-refractivity contribution >= 4 is 0 Å². The highest BCUT2D eigenvalue weighted by Gasteiger charge is 2.14. The molecule has 0 saturated carbocycles. The van der Waals surface area contributed by atoms with Crippen molar-refractivity contribution in [3.05, 3.63) is 0 Å². The summed E-state index contributed by atoms with van der Waals surface area (Å²) in [4.78, 5) is 0. The fourth-order valence-corrected chi connectivity index (χ4v) is 2.14. The second-order valence-electron chi connectivity index (χ2n) is 5.02. The van der Waals surface area contributed by atoms with Gasteiger partial charge in [-0.3, -0.25) is 0 Å². The Balaban J connectivity index is 0.000000300. The fourth-order valence-electron chi connectivity index (χ4n) is 2.14. The highest BCUT2D eigenvalue weighted by Crippen LogP contribution is 2.14. The molecule has 0 radical (unpaired) electrons. The minimum atomic E-state index is 0.116. The molecule has 2 aliphatic heterocycles. The van der Waals surface area contributed by atoms with Crippen LogP contribution in [0.1, 0.15) is 58.3 Å². The van der Waals surface area contributed by atoms with Gasteiger partial charge in [0.15, 0.2) is 6.29 Å². The smallest absolute Gasteiger partial charge is 0.157 e. The lowest BCUT2D eigenvalue weighted by atomic mass is 10.1. The van der Waals surface area contributed by atoms with Crippen LogP contribution < -0.4 is 0 Å². The summed E-state index contributed by atoms with van der Waals surface area (Å²) in [5.74, 6) is 0. The summed E-state index contributed by atoms with van der Waals surface area (Å²) >= 11 is 0. The molecule has 0 aromatic heterocycles. The normalized spacial score (nSPS) is 19.4. The first-order valence-corrected chi connectivity index (χ1v) is 7.82. The number of hydrogen-bond donors (Lipinski definition) is 0. The van der Waals surface area contributed by atoms with Gasteiger partial charge in [0.25, 0.3) is 0 Å². The predicted molar refractivity (Wildman–Crippen MR) is 75.1 cm³/mol. The second-order valence-corrected chi connectivity index (χ2v) is 5.02. The van der Waals surface area contributed by atoms with Crippen LogP contribution in [0.5, 0.6) is 0 Å². The zero-order chi connectivity index (χ0) is 13.6. The SMILES string of the molecule is C1COCO1.CCCCCCCCCC1OCCO1. The Labute approximate surface area is 117 Å². The van der Waals surface area contributed by atoms with E-state index in [9.17, 15) is 0 Å². The van der Waals surface area contributed by atoms with Crippen LogP contribution in [-0.4, -0.2) is 39.5 Å². The molecule has 2 saturated heterocycles. The summed E-state index contributed by atoms with van der Waals surface area (Å²) in [6.45, 7) is 5.90. The Hall–Kier alpha value is -0.160. The van der Waals surface area contributed by atoms with E-state index in [-0.39, 0.29) is 6.29 Å². The lowest BCUT2D eigenvalue weighted by molar-refractivity contribution is -0.0480. The van der Waals surface area contributed by atoms with Gasteiger partial charge in [-0.05, 0) is 12.8 Å². The Bertz CT molecular complexity index is 169. The van der Waals surface area contributed by atoms with E-state index in [1.54, 1.807) is 0 Å². The second kappa shape index (κ2) is 12.9. The molecule has 114 valence electrons. The van der Waals surface area contributed by atoms with Crippen molar-refractivity contribution in [2.75, 3.05) is 33.2 Å². The molecule has 0 N–H and O–H groups in total. The van der Waals surface area contributed by atoms with Gasteiger partial charge in [-0.15, -0.1) is 0 Å². The maximum atomic E-state index is 5.38. The first-order chi connectivity index (χ1) is 9.43. The lowest BCUT2D eigenvalue weighted by Crippen LogP contribution is -2.06. The molecular weight excluding hydrogens is 244 g/mol. The molecule has 2 aliphatic rings. The summed E-state index contributed by atoms with van der Waals surface area (Å²) in [6, 6.07) is 0. The largest absolute Gasteiger partial charge is 0.353 e. The minimum absolute atomic E-state index is 0.116. The summed E-state index contributed by atoms with van der Waals surface area (Å²) < 4.78 is 20.2. The van der Waals surface area contributed by atoms with Gasteiger partial charge in [0.1, 0.15) is 6.79 Å². The van der Waals surface area contributed by atoms with E-state index in [0.717, 1.165) is 32.8 Å². The molecule has 19 heavy (non-hydrogen) atoms. The number of rotatable bonds is 8. The van der Waals surface area contributed by atoms with Crippen LogP contribution in [0.15, 0.2) is 0 Å². The van der Waals surface area contributed by atoms with Crippen molar-refractivity contribution in [1.29, 1.82) is 0 Å². The van der Waals surface area contributed by atoms with Crippen molar-refractivity contribution in [1.82, 2.24) is 0 Å². The average molecular weight is 274 g/mol. The summed E-state index contributed by atoms with van der Waals surface area (Å²) in [7, 11) is 0. The molecule has 0 aromatic carbocycles. The van der Waals surface area contributed by atoms with Gasteiger partial charge in [0, 0.05) is 0 Å². The molecule has 0 amide bonds. The summed E-state index contributed by atoms with van der Waals surface area (Å²) in [6.07, 6.45) is 10.7. The highest BCUT2D eigenvalue weighted by molar-refractivity contribution is 4.53. The molecule has 2 fully saturated rings. The van der Waals surface area contributed by atoms with E-state index in [1.165, 1.54) is 44.9 Å². The number of unbranched alkanes of at least 4 members (excludes halogenated alkanes) is 6. The van der Waals surface area contributed by atoms with Crippen LogP contribution >= 0.6 is 0 Å². The third-order valence-electron chi connectivity index (χ3n) is 3.27. The van der Waals surface area contributed by atoms with Gasteiger partial charge in [0.2, 0.25) is 0 Å². The maximum absolute atomic E-state index is 5.38. The first kappa shape index (κ1) is 16.9. The van der Waals surface area contributed by atoms with Crippen molar-refractivity contribution in [3.63, 3.8) is 0 Å². The lowest BCUT2D eigenvalue weighted by Gasteiger charge is -2.07. The Morgan fingerprint density at radius 3 is 1.84 bits per heavy atom. The molecule has 0 unspecified atom stereocenters. The zero-order valence-electron chi connectivity index (χ0n) is 12.4. The molecule has 0 atom stereocenters. The first-order valence-electron chi connectivity index (χ1n) is 7.82. The summed E-state index contributed by atoms with van der Waals surface area (Å²) in [5, 5.41) is 0. The standard InChI is InChI=1S/C12H24O2.C3H6O2/c1-2-3-4-5-6-7-8-9-12-13-10-11-14-12;1-2-5-3-4-1/h12H,2-11H2,1H3;1-3H2. The Kier molecular flexibility index (Phi) is 11.4. The van der Waals surface area contributed by atoms with Crippen molar-refractivity contribution < 1.29 is 18.9 Å². The van der Waals surface area contributed by atoms with Crippen molar-refractivity contribution in [2.24, 2.45) is 0 Å². The van der Waals surface area contributed by atoms with Crippen molar-refractivity contribution in [3.8, 4) is 0 Å². The fraction of sp³-hybridized carbons (Fsp3) is 1.00. The highest BCUT2D eigenvalue weighted by atomic mass is 16.7. The number of hydrogen-bond acceptors (Lipinski definition) is 4. The average Bonchev–Trinajstić information content (AvgIpc) is 3.13. The molecule has 2 rings (SSSR count). The van der Waals surface area contributed by atoms with E-state index in [4.69, 9.17) is 18.9 Å². The van der Waals surface area contributed by atoms with E-state index in [1.807, 2.05) is 0 Å². The van der Waals surface area contributed by atoms with Crippen LogP contribution in [-0.2, 0) is 18.9 Å². The van der Waals surface area contributed by atoms with Gasteiger partial charge in [-0.1, -0.05) is 45.4 Å². The predicted octanol–water partition coefficient (Wildman–Crippen LogP) is 3.49. The maximum Gasteiger partial charge on any atom is 0.157 e. The van der Waals surface area contributed by atoms with Crippen LogP contribution in [0.2, 0.25) is 0 Å². The van der Waals surface area contributed by atoms with Gasteiger partial charge in [-0.2, -0.15) is 0 Å². The van der Waals surface area contributed by atoms with Crippen LogP contribution in [0, 0.1) is 0 Å². The van der Waals surface area contributed by atoms with Gasteiger partial charge in [-0.25, -0.2) is 0 Å². The van der Waals surface area contributed by atoms with E-state index < -0.39 is 0 Å². The monoisotopic (exact) mass is 274 g/mol. The zero-order valence-corrected chi connectivity index (χ0v) is 12.4. The minimum Gasteiger partial charge on any atom is -0.353 e. The molecule has 0 aliphatic carbocycles. The molecular formula is C15H30O4. The number of ether oxygens (including phenoxy) is 4. The third-order valence-corrected chi connectivity index (χ3v) is 3.27. The van der Waals surface area contributed by atoms with E-state index in [2.05, 4.69) is 6.92 Å². The summed E-state index contributed by atoms with van der Waals surface area (Å²) in [5.41, 5.74) is 0. The van der Waals surface area contributed by atoms with Gasteiger partial charge >= 0.3 is 0 Å². The topological polar surface area (TPSA) is 36.9 Å². The molecule has 0 bridgehead atoms. The van der Waals surface area contributed by atoms with Crippen LogP contribution in [0.4, 0.5) is 0 Å².